The summed E-state index contributed by atoms with van der Waals surface area (Å²) in [6, 6.07) is 20.0. The molecular weight excluding hydrogens is 402 g/mol. The zero-order valence-corrected chi connectivity index (χ0v) is 17.8. The van der Waals surface area contributed by atoms with E-state index in [1.807, 2.05) is 17.4 Å². The second-order valence-corrected chi connectivity index (χ2v) is 8.93. The molecule has 0 saturated carbocycles. The molecule has 3 aromatic heterocycles. The molecule has 0 saturated heterocycles. The summed E-state index contributed by atoms with van der Waals surface area (Å²) in [6.07, 6.45) is 2.56. The first-order valence-corrected chi connectivity index (χ1v) is 10.8. The van der Waals surface area contributed by atoms with Crippen LogP contribution in [0.2, 0.25) is 5.02 Å². The summed E-state index contributed by atoms with van der Waals surface area (Å²) in [6.45, 7) is 4.48. The normalized spacial score (nSPS) is 11.4. The molecule has 4 nitrogen and oxygen atoms in total. The summed E-state index contributed by atoms with van der Waals surface area (Å²) in [7, 11) is 0. The first-order chi connectivity index (χ1) is 14.1. The van der Waals surface area contributed by atoms with Crippen molar-refractivity contribution in [3.63, 3.8) is 0 Å². The van der Waals surface area contributed by atoms with E-state index < -0.39 is 0 Å². The van der Waals surface area contributed by atoms with Gasteiger partial charge in [0.15, 0.2) is 0 Å². The van der Waals surface area contributed by atoms with Crippen LogP contribution in [0.5, 0.6) is 0 Å². The largest absolute Gasteiger partial charge is 0.292 e. The minimum absolute atomic E-state index is 0.109. The van der Waals surface area contributed by atoms with Gasteiger partial charge >= 0.3 is 0 Å². The second-order valence-electron chi connectivity index (χ2n) is 7.12. The van der Waals surface area contributed by atoms with Crippen LogP contribution in [-0.4, -0.2) is 20.8 Å². The smallest absolute Gasteiger partial charge is 0.258 e. The van der Waals surface area contributed by atoms with Crippen molar-refractivity contribution in [2.45, 2.75) is 26.4 Å². The van der Waals surface area contributed by atoms with Crippen LogP contribution >= 0.6 is 22.9 Å². The maximum absolute atomic E-state index is 12.5. The molecule has 0 radical (unpaired) electrons. The van der Waals surface area contributed by atoms with Crippen molar-refractivity contribution in [1.82, 2.24) is 14.3 Å². The first kappa shape index (κ1) is 19.8. The lowest BCUT2D eigenvalue weighted by Crippen LogP contribution is -2.27. The predicted molar refractivity (Wildman–Crippen MR) is 120 cm³/mol. The van der Waals surface area contributed by atoms with Gasteiger partial charge in [0, 0.05) is 41.7 Å². The zero-order chi connectivity index (χ0) is 20.2. The SMILES string of the molecule is Cc1ccc(CN(CCc2ccccc2)Cc2cc(=O)n3cc(Cl)ccc3n2)s1. The highest BCUT2D eigenvalue weighted by molar-refractivity contribution is 7.11. The van der Waals surface area contributed by atoms with Gasteiger partial charge in [0.25, 0.3) is 5.56 Å². The highest BCUT2D eigenvalue weighted by Gasteiger charge is 2.12. The molecule has 0 aliphatic heterocycles. The van der Waals surface area contributed by atoms with Crippen LogP contribution in [0.1, 0.15) is 21.0 Å². The summed E-state index contributed by atoms with van der Waals surface area (Å²) in [5, 5.41) is 0.520. The number of halogens is 1. The molecule has 148 valence electrons. The van der Waals surface area contributed by atoms with Gasteiger partial charge in [0.05, 0.1) is 10.7 Å². The second kappa shape index (κ2) is 8.91. The number of fused-ring (bicyclic) bond motifs is 1. The van der Waals surface area contributed by atoms with Crippen molar-refractivity contribution in [3.05, 3.63) is 103 Å². The summed E-state index contributed by atoms with van der Waals surface area (Å²) in [4.78, 5) is 22.2. The number of aromatic nitrogens is 2. The van der Waals surface area contributed by atoms with Gasteiger partial charge in [-0.05, 0) is 43.2 Å². The number of aryl methyl sites for hydroxylation is 1. The van der Waals surface area contributed by atoms with Crippen LogP contribution < -0.4 is 5.56 Å². The molecule has 3 heterocycles. The minimum Gasteiger partial charge on any atom is -0.292 e. The van der Waals surface area contributed by atoms with Gasteiger partial charge in [0.1, 0.15) is 5.65 Å². The standard InChI is InChI=1S/C23H22ClN3OS/c1-17-7-9-21(29-17)16-26(12-11-18-5-3-2-4-6-18)15-20-13-23(28)27-14-19(24)8-10-22(27)25-20/h2-10,13-14H,11-12,15-16H2,1H3. The van der Waals surface area contributed by atoms with Crippen molar-refractivity contribution in [2.75, 3.05) is 6.54 Å². The molecule has 0 unspecified atom stereocenters. The van der Waals surface area contributed by atoms with Crippen LogP contribution in [0.4, 0.5) is 0 Å². The fourth-order valence-corrected chi connectivity index (χ4v) is 4.47. The van der Waals surface area contributed by atoms with Gasteiger partial charge in [-0.3, -0.25) is 14.1 Å². The molecule has 0 aliphatic carbocycles. The fraction of sp³-hybridized carbons (Fsp3) is 0.217. The van der Waals surface area contributed by atoms with Crippen LogP contribution in [-0.2, 0) is 19.5 Å². The maximum Gasteiger partial charge on any atom is 0.258 e. The van der Waals surface area contributed by atoms with Gasteiger partial charge in [-0.25, -0.2) is 4.98 Å². The lowest BCUT2D eigenvalue weighted by atomic mass is 10.1. The first-order valence-electron chi connectivity index (χ1n) is 9.56. The predicted octanol–water partition coefficient (Wildman–Crippen LogP) is 4.96. The van der Waals surface area contributed by atoms with Crippen LogP contribution in [0, 0.1) is 6.92 Å². The van der Waals surface area contributed by atoms with E-state index in [0.717, 1.165) is 25.2 Å². The summed E-state index contributed by atoms with van der Waals surface area (Å²) in [5.41, 5.74) is 2.59. The van der Waals surface area contributed by atoms with Crippen LogP contribution in [0.3, 0.4) is 0 Å². The zero-order valence-electron chi connectivity index (χ0n) is 16.2. The molecule has 4 rings (SSSR count). The highest BCUT2D eigenvalue weighted by Crippen LogP contribution is 2.19. The fourth-order valence-electron chi connectivity index (χ4n) is 3.37. The summed E-state index contributed by atoms with van der Waals surface area (Å²) < 4.78 is 1.49. The molecule has 6 heteroatoms. The number of pyridine rings is 1. The third-order valence-corrected chi connectivity index (χ3v) is 6.01. The minimum atomic E-state index is -0.109. The van der Waals surface area contributed by atoms with Gasteiger partial charge in [-0.15, -0.1) is 11.3 Å². The topological polar surface area (TPSA) is 37.6 Å². The number of benzene rings is 1. The number of hydrogen-bond acceptors (Lipinski definition) is 4. The van der Waals surface area contributed by atoms with E-state index in [1.54, 1.807) is 24.4 Å². The average Bonchev–Trinajstić information content (AvgIpc) is 3.12. The van der Waals surface area contributed by atoms with Crippen molar-refractivity contribution < 1.29 is 0 Å². The van der Waals surface area contributed by atoms with E-state index in [4.69, 9.17) is 11.6 Å². The molecule has 0 bridgehead atoms. The Morgan fingerprint density at radius 3 is 2.66 bits per heavy atom. The molecule has 1 aromatic carbocycles. The van der Waals surface area contributed by atoms with Crippen LogP contribution in [0.15, 0.2) is 71.7 Å². The lowest BCUT2D eigenvalue weighted by molar-refractivity contribution is 0.259. The van der Waals surface area contributed by atoms with Gasteiger partial charge in [-0.1, -0.05) is 41.9 Å². The maximum atomic E-state index is 12.5. The molecule has 0 N–H and O–H groups in total. The van der Waals surface area contributed by atoms with E-state index in [1.165, 1.54) is 19.7 Å². The Kier molecular flexibility index (Phi) is 6.09. The number of thiophene rings is 1. The van der Waals surface area contributed by atoms with E-state index in [9.17, 15) is 4.79 Å². The number of rotatable bonds is 7. The monoisotopic (exact) mass is 423 g/mol. The van der Waals surface area contributed by atoms with Gasteiger partial charge in [0.2, 0.25) is 0 Å². The quantitative estimate of drug-likeness (QED) is 0.421. The molecular formula is C23H22ClN3OS. The Balaban J connectivity index is 1.57. The Morgan fingerprint density at radius 2 is 1.90 bits per heavy atom. The molecule has 0 fully saturated rings. The van der Waals surface area contributed by atoms with Crippen molar-refractivity contribution in [2.24, 2.45) is 0 Å². The van der Waals surface area contributed by atoms with Crippen molar-refractivity contribution in [3.8, 4) is 0 Å². The summed E-state index contributed by atoms with van der Waals surface area (Å²) in [5.74, 6) is 0. The molecule has 0 amide bonds. The van der Waals surface area contributed by atoms with Crippen molar-refractivity contribution >= 4 is 28.6 Å². The highest BCUT2D eigenvalue weighted by atomic mass is 35.5. The van der Waals surface area contributed by atoms with Gasteiger partial charge in [-0.2, -0.15) is 0 Å². The lowest BCUT2D eigenvalue weighted by Gasteiger charge is -2.21. The average molecular weight is 424 g/mol. The van der Waals surface area contributed by atoms with E-state index >= 15 is 0 Å². The van der Waals surface area contributed by atoms with E-state index in [0.29, 0.717) is 17.2 Å². The number of nitrogens with zero attached hydrogens (tertiary/aromatic N) is 3. The molecule has 0 spiro atoms. The van der Waals surface area contributed by atoms with E-state index in [2.05, 4.69) is 53.2 Å². The van der Waals surface area contributed by atoms with Crippen LogP contribution in [0.25, 0.3) is 5.65 Å². The summed E-state index contributed by atoms with van der Waals surface area (Å²) >= 11 is 7.82. The molecule has 4 aromatic rings. The molecule has 29 heavy (non-hydrogen) atoms. The third-order valence-electron chi connectivity index (χ3n) is 4.80. The molecule has 0 atom stereocenters. The Labute approximate surface area is 179 Å². The third kappa shape index (κ3) is 5.12. The van der Waals surface area contributed by atoms with Gasteiger partial charge < -0.3 is 0 Å². The van der Waals surface area contributed by atoms with Crippen molar-refractivity contribution in [1.29, 1.82) is 0 Å². The number of hydrogen-bond donors (Lipinski definition) is 0. The Bertz CT molecular complexity index is 1170. The molecule has 0 aliphatic rings. The Morgan fingerprint density at radius 1 is 1.07 bits per heavy atom. The Hall–Kier alpha value is -2.47. The van der Waals surface area contributed by atoms with E-state index in [-0.39, 0.29) is 5.56 Å².